The Labute approximate surface area is 148 Å². The number of carbonyl (C=O) groups excluding carboxylic acids is 1. The van der Waals surface area contributed by atoms with E-state index >= 15 is 0 Å². The number of aryl methyl sites for hydroxylation is 2. The molecule has 134 valence electrons. The molecule has 6 heteroatoms. The van der Waals surface area contributed by atoms with Crippen molar-refractivity contribution in [2.45, 2.75) is 38.7 Å². The van der Waals surface area contributed by atoms with Gasteiger partial charge in [-0.25, -0.2) is 0 Å². The second-order valence-electron chi connectivity index (χ2n) is 6.61. The van der Waals surface area contributed by atoms with Crippen molar-refractivity contribution < 1.29 is 9.90 Å². The Balaban J connectivity index is 1.64. The standard InChI is InChI=1S/C19H26N4O2/c1-3-4-15-13-18(22(2)21-15)20-19(25)14-5-7-16(8-6-14)23-11-9-17(24)10-12-23/h5-8,13,17,24H,3-4,9-12H2,1-2H3,(H,20,25). The van der Waals surface area contributed by atoms with Gasteiger partial charge in [-0.1, -0.05) is 13.3 Å². The molecule has 0 bridgehead atoms. The average molecular weight is 342 g/mol. The molecule has 25 heavy (non-hydrogen) atoms. The minimum absolute atomic E-state index is 0.133. The zero-order valence-electron chi connectivity index (χ0n) is 14.9. The maximum Gasteiger partial charge on any atom is 0.256 e. The Morgan fingerprint density at radius 1 is 1.28 bits per heavy atom. The van der Waals surface area contributed by atoms with Gasteiger partial charge >= 0.3 is 0 Å². The van der Waals surface area contributed by atoms with Crippen LogP contribution >= 0.6 is 0 Å². The van der Waals surface area contributed by atoms with E-state index in [4.69, 9.17) is 0 Å². The predicted octanol–water partition coefficient (Wildman–Crippen LogP) is 2.59. The number of aromatic nitrogens is 2. The molecule has 2 aromatic rings. The summed E-state index contributed by atoms with van der Waals surface area (Å²) in [6.07, 6.45) is 3.34. The molecular weight excluding hydrogens is 316 g/mol. The summed E-state index contributed by atoms with van der Waals surface area (Å²) >= 11 is 0. The largest absolute Gasteiger partial charge is 0.393 e. The van der Waals surface area contributed by atoms with Crippen molar-refractivity contribution in [2.75, 3.05) is 23.3 Å². The van der Waals surface area contributed by atoms with E-state index in [2.05, 4.69) is 22.2 Å². The van der Waals surface area contributed by atoms with E-state index in [0.717, 1.165) is 50.2 Å². The second-order valence-corrected chi connectivity index (χ2v) is 6.61. The van der Waals surface area contributed by atoms with Crippen molar-refractivity contribution in [1.82, 2.24) is 9.78 Å². The van der Waals surface area contributed by atoms with Crippen molar-refractivity contribution in [1.29, 1.82) is 0 Å². The molecule has 1 saturated heterocycles. The summed E-state index contributed by atoms with van der Waals surface area (Å²) in [7, 11) is 1.84. The summed E-state index contributed by atoms with van der Waals surface area (Å²) in [6.45, 7) is 3.81. The third-order valence-corrected chi connectivity index (χ3v) is 4.64. The third-order valence-electron chi connectivity index (χ3n) is 4.64. The number of aliphatic hydroxyl groups is 1. The predicted molar refractivity (Wildman–Crippen MR) is 99.1 cm³/mol. The molecule has 1 aromatic carbocycles. The highest BCUT2D eigenvalue weighted by Crippen LogP contribution is 2.21. The SMILES string of the molecule is CCCc1cc(NC(=O)c2ccc(N3CCC(O)CC3)cc2)n(C)n1. The van der Waals surface area contributed by atoms with Crippen molar-refractivity contribution in [2.24, 2.45) is 7.05 Å². The summed E-state index contributed by atoms with van der Waals surface area (Å²) in [5.41, 5.74) is 2.70. The molecule has 2 heterocycles. The summed E-state index contributed by atoms with van der Waals surface area (Å²) in [4.78, 5) is 14.7. The maximum atomic E-state index is 12.5. The average Bonchev–Trinajstić information content (AvgIpc) is 2.95. The van der Waals surface area contributed by atoms with Crippen LogP contribution in [-0.4, -0.2) is 40.0 Å². The fourth-order valence-corrected chi connectivity index (χ4v) is 3.16. The first-order chi connectivity index (χ1) is 12.1. The molecule has 0 saturated carbocycles. The number of piperidine rings is 1. The summed E-state index contributed by atoms with van der Waals surface area (Å²) in [6, 6.07) is 9.56. The number of hydrogen-bond acceptors (Lipinski definition) is 4. The minimum atomic E-state index is -0.183. The lowest BCUT2D eigenvalue weighted by Crippen LogP contribution is -2.35. The van der Waals surface area contributed by atoms with Crippen LogP contribution in [0, 0.1) is 0 Å². The Kier molecular flexibility index (Phi) is 5.38. The van der Waals surface area contributed by atoms with Crippen molar-refractivity contribution >= 4 is 17.4 Å². The van der Waals surface area contributed by atoms with Crippen molar-refractivity contribution in [3.63, 3.8) is 0 Å². The molecule has 6 nitrogen and oxygen atoms in total. The Hall–Kier alpha value is -2.34. The number of hydrogen-bond donors (Lipinski definition) is 2. The molecule has 2 N–H and O–H groups in total. The summed E-state index contributed by atoms with van der Waals surface area (Å²) in [5.74, 6) is 0.578. The highest BCUT2D eigenvalue weighted by atomic mass is 16.3. The zero-order valence-corrected chi connectivity index (χ0v) is 14.9. The van der Waals surface area contributed by atoms with E-state index in [1.165, 1.54) is 0 Å². The third kappa shape index (κ3) is 4.20. The minimum Gasteiger partial charge on any atom is -0.393 e. The van der Waals surface area contributed by atoms with Gasteiger partial charge in [-0.2, -0.15) is 5.10 Å². The number of amides is 1. The number of rotatable bonds is 5. The molecule has 1 aliphatic heterocycles. The van der Waals surface area contributed by atoms with Gasteiger partial charge in [0.15, 0.2) is 0 Å². The van der Waals surface area contributed by atoms with Crippen LogP contribution in [0.15, 0.2) is 30.3 Å². The molecule has 0 unspecified atom stereocenters. The fraction of sp³-hybridized carbons (Fsp3) is 0.474. The van der Waals surface area contributed by atoms with E-state index in [1.807, 2.05) is 37.4 Å². The van der Waals surface area contributed by atoms with E-state index < -0.39 is 0 Å². The number of nitrogens with one attached hydrogen (secondary N) is 1. The zero-order chi connectivity index (χ0) is 17.8. The van der Waals surface area contributed by atoms with Crippen LogP contribution in [0.4, 0.5) is 11.5 Å². The molecule has 0 spiro atoms. The van der Waals surface area contributed by atoms with Crippen LogP contribution in [0.1, 0.15) is 42.2 Å². The quantitative estimate of drug-likeness (QED) is 0.876. The number of anilines is 2. The number of aliphatic hydroxyl groups excluding tert-OH is 1. The van der Waals surface area contributed by atoms with Gasteiger partial charge in [0.25, 0.3) is 5.91 Å². The second kappa shape index (κ2) is 7.70. The molecule has 1 aliphatic rings. The molecule has 0 aliphatic carbocycles. The molecule has 3 rings (SSSR count). The van der Waals surface area contributed by atoms with Crippen LogP contribution in [0.25, 0.3) is 0 Å². The van der Waals surface area contributed by atoms with E-state index in [9.17, 15) is 9.90 Å². The molecule has 1 fully saturated rings. The first-order valence-electron chi connectivity index (χ1n) is 8.94. The van der Waals surface area contributed by atoms with Crippen LogP contribution in [0.5, 0.6) is 0 Å². The van der Waals surface area contributed by atoms with Crippen LogP contribution < -0.4 is 10.2 Å². The highest BCUT2D eigenvalue weighted by Gasteiger charge is 2.17. The van der Waals surface area contributed by atoms with Gasteiger partial charge in [0.2, 0.25) is 0 Å². The molecule has 0 atom stereocenters. The lowest BCUT2D eigenvalue weighted by Gasteiger charge is -2.31. The maximum absolute atomic E-state index is 12.5. The fourth-order valence-electron chi connectivity index (χ4n) is 3.16. The van der Waals surface area contributed by atoms with Crippen molar-refractivity contribution in [3.05, 3.63) is 41.6 Å². The first kappa shape index (κ1) is 17.5. The lowest BCUT2D eigenvalue weighted by atomic mass is 10.1. The van der Waals surface area contributed by atoms with E-state index in [-0.39, 0.29) is 12.0 Å². The van der Waals surface area contributed by atoms with Crippen LogP contribution in [0.3, 0.4) is 0 Å². The van der Waals surface area contributed by atoms with E-state index in [0.29, 0.717) is 11.4 Å². The Morgan fingerprint density at radius 2 is 1.96 bits per heavy atom. The number of benzene rings is 1. The number of carbonyl (C=O) groups is 1. The van der Waals surface area contributed by atoms with Crippen LogP contribution in [-0.2, 0) is 13.5 Å². The van der Waals surface area contributed by atoms with Gasteiger partial charge < -0.3 is 15.3 Å². The van der Waals surface area contributed by atoms with Gasteiger partial charge in [-0.3, -0.25) is 9.48 Å². The Morgan fingerprint density at radius 3 is 2.60 bits per heavy atom. The molecular formula is C19H26N4O2. The van der Waals surface area contributed by atoms with Crippen LogP contribution in [0.2, 0.25) is 0 Å². The molecule has 0 radical (unpaired) electrons. The Bertz CT molecular complexity index is 716. The molecule has 1 aromatic heterocycles. The van der Waals surface area contributed by atoms with Gasteiger partial charge in [-0.15, -0.1) is 0 Å². The van der Waals surface area contributed by atoms with Gasteiger partial charge in [-0.05, 0) is 43.5 Å². The normalized spacial score (nSPS) is 15.4. The van der Waals surface area contributed by atoms with Crippen molar-refractivity contribution in [3.8, 4) is 0 Å². The highest BCUT2D eigenvalue weighted by molar-refractivity contribution is 6.04. The summed E-state index contributed by atoms with van der Waals surface area (Å²) in [5, 5.41) is 16.9. The topological polar surface area (TPSA) is 70.4 Å². The van der Waals surface area contributed by atoms with Gasteiger partial charge in [0.1, 0.15) is 5.82 Å². The lowest BCUT2D eigenvalue weighted by molar-refractivity contribution is 0.102. The monoisotopic (exact) mass is 342 g/mol. The summed E-state index contributed by atoms with van der Waals surface area (Å²) < 4.78 is 1.70. The van der Waals surface area contributed by atoms with E-state index in [1.54, 1.807) is 4.68 Å². The number of nitrogens with zero attached hydrogens (tertiary/aromatic N) is 3. The van der Waals surface area contributed by atoms with Gasteiger partial charge in [0, 0.05) is 37.5 Å². The van der Waals surface area contributed by atoms with Gasteiger partial charge in [0.05, 0.1) is 11.8 Å². The molecule has 1 amide bonds. The smallest absolute Gasteiger partial charge is 0.256 e. The first-order valence-corrected chi connectivity index (χ1v) is 8.94.